The molecule has 0 unspecified atom stereocenters. The van der Waals surface area contributed by atoms with Gasteiger partial charge in [-0.3, -0.25) is 4.79 Å². The van der Waals surface area contributed by atoms with E-state index in [0.29, 0.717) is 11.3 Å². The maximum Gasteiger partial charge on any atom is 0.258 e. The van der Waals surface area contributed by atoms with E-state index in [9.17, 15) is 17.6 Å². The van der Waals surface area contributed by atoms with Gasteiger partial charge in [0.1, 0.15) is 11.6 Å². The molecule has 0 fully saturated rings. The number of nitrogens with one attached hydrogen (secondary N) is 2. The summed E-state index contributed by atoms with van der Waals surface area (Å²) in [7, 11) is -3.59. The van der Waals surface area contributed by atoms with Crippen molar-refractivity contribution >= 4 is 15.9 Å². The monoisotopic (exact) mass is 408 g/mol. The average Bonchev–Trinajstić information content (AvgIpc) is 2.60. The molecule has 0 aromatic heterocycles. The Labute approximate surface area is 165 Å². The molecule has 0 saturated heterocycles. The molecule has 0 spiro atoms. The third-order valence-corrected chi connectivity index (χ3v) is 5.61. The lowest BCUT2D eigenvalue weighted by Gasteiger charge is -2.16. The molecule has 2 aromatic carbocycles. The summed E-state index contributed by atoms with van der Waals surface area (Å²) < 4.78 is 45.4. The molecule has 2 rings (SSSR count). The number of ether oxygens (including phenoxy) is 1. The molecule has 0 bridgehead atoms. The Morgan fingerprint density at radius 3 is 2.32 bits per heavy atom. The van der Waals surface area contributed by atoms with Crippen LogP contribution in [0.3, 0.4) is 0 Å². The smallest absolute Gasteiger partial charge is 0.258 e. The highest BCUT2D eigenvalue weighted by atomic mass is 32.2. The van der Waals surface area contributed by atoms with Gasteiger partial charge in [0.05, 0.1) is 10.9 Å². The van der Waals surface area contributed by atoms with Gasteiger partial charge in [0, 0.05) is 6.04 Å². The Hall–Kier alpha value is -2.45. The highest BCUT2D eigenvalue weighted by Gasteiger charge is 2.17. The van der Waals surface area contributed by atoms with Gasteiger partial charge in [-0.2, -0.15) is 0 Å². The van der Waals surface area contributed by atoms with Crippen molar-refractivity contribution in [3.63, 3.8) is 0 Å². The minimum atomic E-state index is -3.59. The van der Waals surface area contributed by atoms with E-state index in [-0.39, 0.29) is 35.3 Å². The molecule has 1 atom stereocenters. The number of carbonyl (C=O) groups is 1. The zero-order chi connectivity index (χ0) is 20.9. The van der Waals surface area contributed by atoms with Crippen LogP contribution in [0.25, 0.3) is 0 Å². The van der Waals surface area contributed by atoms with Crippen molar-refractivity contribution in [3.8, 4) is 5.75 Å². The molecular weight excluding hydrogens is 383 g/mol. The molecule has 28 heavy (non-hydrogen) atoms. The lowest BCUT2D eigenvalue weighted by molar-refractivity contribution is -0.123. The predicted molar refractivity (Wildman–Crippen MR) is 105 cm³/mol. The van der Waals surface area contributed by atoms with E-state index in [4.69, 9.17) is 4.74 Å². The van der Waals surface area contributed by atoms with Crippen molar-refractivity contribution in [1.29, 1.82) is 0 Å². The fourth-order valence-electron chi connectivity index (χ4n) is 2.59. The first kappa shape index (κ1) is 21.8. The Morgan fingerprint density at radius 1 is 1.11 bits per heavy atom. The lowest BCUT2D eigenvalue weighted by Crippen LogP contribution is -2.31. The second kappa shape index (κ2) is 9.16. The van der Waals surface area contributed by atoms with Crippen LogP contribution in [0.1, 0.15) is 37.9 Å². The van der Waals surface area contributed by atoms with Crippen molar-refractivity contribution in [2.75, 3.05) is 6.61 Å². The molecule has 2 aromatic rings. The van der Waals surface area contributed by atoms with Crippen LogP contribution < -0.4 is 14.8 Å². The number of amides is 1. The summed E-state index contributed by atoms with van der Waals surface area (Å²) in [4.78, 5) is 12.2. The minimum absolute atomic E-state index is 0.139. The van der Waals surface area contributed by atoms with Crippen molar-refractivity contribution in [2.24, 2.45) is 0 Å². The number of rotatable bonds is 8. The standard InChI is InChI=1S/C20H25FN2O4S/c1-13(2)23-28(25,26)18-9-10-19(14(3)11-18)27-12-20(24)22-15(4)16-5-7-17(21)8-6-16/h5-11,13,15,23H,12H2,1-4H3,(H,22,24)/t15-/m1/s1. The molecule has 2 N–H and O–H groups in total. The maximum atomic E-state index is 13.0. The van der Waals surface area contributed by atoms with Crippen LogP contribution in [-0.2, 0) is 14.8 Å². The first-order valence-electron chi connectivity index (χ1n) is 8.89. The van der Waals surface area contributed by atoms with Crippen molar-refractivity contribution < 1.29 is 22.3 Å². The Bertz CT molecular complexity index is 928. The number of carbonyl (C=O) groups excluding carboxylic acids is 1. The van der Waals surface area contributed by atoms with Gasteiger partial charge in [-0.15, -0.1) is 0 Å². The molecule has 152 valence electrons. The molecule has 0 radical (unpaired) electrons. The van der Waals surface area contributed by atoms with E-state index in [1.807, 2.05) is 0 Å². The van der Waals surface area contributed by atoms with Crippen LogP contribution in [0.2, 0.25) is 0 Å². The van der Waals surface area contributed by atoms with Crippen LogP contribution in [-0.4, -0.2) is 27.0 Å². The van der Waals surface area contributed by atoms with Gasteiger partial charge in [-0.05, 0) is 69.2 Å². The summed E-state index contributed by atoms with van der Waals surface area (Å²) in [6.07, 6.45) is 0. The van der Waals surface area contributed by atoms with Crippen LogP contribution in [0.4, 0.5) is 4.39 Å². The number of halogens is 1. The number of benzene rings is 2. The Kier molecular flexibility index (Phi) is 7.15. The third-order valence-electron chi connectivity index (χ3n) is 3.95. The molecule has 0 aliphatic heterocycles. The lowest BCUT2D eigenvalue weighted by atomic mass is 10.1. The van der Waals surface area contributed by atoms with Gasteiger partial charge in [-0.25, -0.2) is 17.5 Å². The van der Waals surface area contributed by atoms with Crippen LogP contribution in [0, 0.1) is 12.7 Å². The summed E-state index contributed by atoms with van der Waals surface area (Å²) in [6.45, 7) is 6.77. The van der Waals surface area contributed by atoms with Crippen molar-refractivity contribution in [1.82, 2.24) is 10.0 Å². The van der Waals surface area contributed by atoms with Crippen molar-refractivity contribution in [2.45, 2.75) is 44.7 Å². The highest BCUT2D eigenvalue weighted by Crippen LogP contribution is 2.22. The Balaban J connectivity index is 1.96. The van der Waals surface area contributed by atoms with E-state index in [1.165, 1.54) is 30.3 Å². The van der Waals surface area contributed by atoms with Crippen LogP contribution in [0.15, 0.2) is 47.4 Å². The number of sulfonamides is 1. The first-order chi connectivity index (χ1) is 13.1. The number of hydrogen-bond donors (Lipinski definition) is 2. The molecule has 0 aliphatic carbocycles. The highest BCUT2D eigenvalue weighted by molar-refractivity contribution is 7.89. The van der Waals surface area contributed by atoms with Gasteiger partial charge < -0.3 is 10.1 Å². The zero-order valence-corrected chi connectivity index (χ0v) is 17.1. The summed E-state index contributed by atoms with van der Waals surface area (Å²) in [5.41, 5.74) is 1.38. The van der Waals surface area contributed by atoms with Gasteiger partial charge >= 0.3 is 0 Å². The SMILES string of the molecule is Cc1cc(S(=O)(=O)NC(C)C)ccc1OCC(=O)N[C@H](C)c1ccc(F)cc1. The molecule has 0 aliphatic rings. The minimum Gasteiger partial charge on any atom is -0.484 e. The normalized spacial score (nSPS) is 12.6. The summed E-state index contributed by atoms with van der Waals surface area (Å²) in [6, 6.07) is 9.83. The largest absolute Gasteiger partial charge is 0.484 e. The zero-order valence-electron chi connectivity index (χ0n) is 16.3. The summed E-state index contributed by atoms with van der Waals surface area (Å²) in [5.74, 6) is -0.252. The maximum absolute atomic E-state index is 13.0. The molecular formula is C20H25FN2O4S. The predicted octanol–water partition coefficient (Wildman–Crippen LogP) is 3.08. The van der Waals surface area contributed by atoms with Crippen LogP contribution >= 0.6 is 0 Å². The van der Waals surface area contributed by atoms with Crippen molar-refractivity contribution in [3.05, 3.63) is 59.4 Å². The van der Waals surface area contributed by atoms with E-state index in [1.54, 1.807) is 39.8 Å². The first-order valence-corrected chi connectivity index (χ1v) is 10.4. The molecule has 0 heterocycles. The number of hydrogen-bond acceptors (Lipinski definition) is 4. The van der Waals surface area contributed by atoms with E-state index < -0.39 is 10.0 Å². The van der Waals surface area contributed by atoms with Gasteiger partial charge in [0.2, 0.25) is 10.0 Å². The quantitative estimate of drug-likeness (QED) is 0.703. The Morgan fingerprint density at radius 2 is 1.75 bits per heavy atom. The van der Waals surface area contributed by atoms with Gasteiger partial charge in [0.15, 0.2) is 6.61 Å². The average molecular weight is 408 g/mol. The second-order valence-electron chi connectivity index (χ2n) is 6.83. The summed E-state index contributed by atoms with van der Waals surface area (Å²) >= 11 is 0. The fraction of sp³-hybridized carbons (Fsp3) is 0.350. The van der Waals surface area contributed by atoms with Crippen LogP contribution in [0.5, 0.6) is 5.75 Å². The second-order valence-corrected chi connectivity index (χ2v) is 8.55. The molecule has 0 saturated carbocycles. The fourth-order valence-corrected chi connectivity index (χ4v) is 3.93. The summed E-state index contributed by atoms with van der Waals surface area (Å²) in [5, 5.41) is 2.77. The van der Waals surface area contributed by atoms with E-state index in [0.717, 1.165) is 5.56 Å². The molecule has 1 amide bonds. The van der Waals surface area contributed by atoms with Gasteiger partial charge in [-0.1, -0.05) is 12.1 Å². The van der Waals surface area contributed by atoms with E-state index in [2.05, 4.69) is 10.0 Å². The molecule has 6 nitrogen and oxygen atoms in total. The molecule has 8 heteroatoms. The number of aryl methyl sites for hydroxylation is 1. The van der Waals surface area contributed by atoms with Gasteiger partial charge in [0.25, 0.3) is 5.91 Å². The topological polar surface area (TPSA) is 84.5 Å². The third kappa shape index (κ3) is 6.03. The van der Waals surface area contributed by atoms with E-state index >= 15 is 0 Å².